The van der Waals surface area contributed by atoms with Gasteiger partial charge in [-0.25, -0.2) is 0 Å². The Bertz CT molecular complexity index is 700. The van der Waals surface area contributed by atoms with Gasteiger partial charge in [-0.3, -0.25) is 4.79 Å². The number of likely N-dealkylation sites (tertiary alicyclic amines) is 1. The van der Waals surface area contributed by atoms with Gasteiger partial charge in [0.1, 0.15) is 0 Å². The van der Waals surface area contributed by atoms with Gasteiger partial charge in [0.05, 0.1) is 0 Å². The van der Waals surface area contributed by atoms with Crippen molar-refractivity contribution in [2.75, 3.05) is 13.1 Å². The van der Waals surface area contributed by atoms with Gasteiger partial charge in [-0.2, -0.15) is 0 Å². The first kappa shape index (κ1) is 13.2. The summed E-state index contributed by atoms with van der Waals surface area (Å²) in [5.74, 6) is 0.503. The zero-order valence-corrected chi connectivity index (χ0v) is 12.7. The van der Waals surface area contributed by atoms with E-state index in [0.29, 0.717) is 5.91 Å². The van der Waals surface area contributed by atoms with Crippen molar-refractivity contribution >= 4 is 28.4 Å². The Balaban J connectivity index is 1.65. The van der Waals surface area contributed by atoms with Crippen molar-refractivity contribution in [1.82, 2.24) is 9.88 Å². The number of aryl methyl sites for hydroxylation is 1. The monoisotopic (exact) mass is 302 g/mol. The Kier molecular flexibility index (Phi) is 3.18. The number of halogens is 1. The molecule has 4 heteroatoms. The van der Waals surface area contributed by atoms with E-state index in [9.17, 15) is 4.79 Å². The van der Waals surface area contributed by atoms with Crippen molar-refractivity contribution in [3.05, 3.63) is 34.5 Å². The van der Waals surface area contributed by atoms with Crippen LogP contribution in [0.3, 0.4) is 0 Å². The molecule has 1 atom stereocenters. The summed E-state index contributed by atoms with van der Waals surface area (Å²) in [6.45, 7) is 1.89. The molecule has 0 spiro atoms. The van der Waals surface area contributed by atoms with Gasteiger partial charge in [0, 0.05) is 40.6 Å². The molecule has 1 unspecified atom stereocenters. The molecule has 1 aliphatic heterocycles. The molecule has 1 aliphatic carbocycles. The van der Waals surface area contributed by atoms with Gasteiger partial charge in [0.2, 0.25) is 5.91 Å². The molecule has 3 nitrogen and oxygen atoms in total. The highest BCUT2D eigenvalue weighted by Crippen LogP contribution is 2.34. The summed E-state index contributed by atoms with van der Waals surface area (Å²) in [5, 5.41) is 1.95. The number of H-pyrrole nitrogens is 1. The van der Waals surface area contributed by atoms with Crippen LogP contribution >= 0.6 is 11.6 Å². The Hall–Kier alpha value is -1.48. The van der Waals surface area contributed by atoms with Crippen LogP contribution in [-0.2, 0) is 17.6 Å². The number of nitrogens with one attached hydrogen (secondary N) is 1. The van der Waals surface area contributed by atoms with Crippen molar-refractivity contribution in [3.8, 4) is 0 Å². The summed E-state index contributed by atoms with van der Waals surface area (Å²) >= 11 is 6.13. The maximum absolute atomic E-state index is 12.6. The standard InChI is InChI=1S/C17H19ClN2O/c18-12-4-6-16-14(10-12)13-9-11(3-5-15(13)19-16)17(21)20-7-1-2-8-20/h4,6,10-11,19H,1-3,5,7-9H2. The van der Waals surface area contributed by atoms with E-state index in [4.69, 9.17) is 11.6 Å². The maximum atomic E-state index is 12.6. The molecule has 2 heterocycles. The quantitative estimate of drug-likeness (QED) is 0.859. The largest absolute Gasteiger partial charge is 0.358 e. The van der Waals surface area contributed by atoms with E-state index in [0.717, 1.165) is 55.7 Å². The number of benzene rings is 1. The van der Waals surface area contributed by atoms with Crippen LogP contribution in [0.5, 0.6) is 0 Å². The highest BCUT2D eigenvalue weighted by atomic mass is 35.5. The molecule has 2 aliphatic rings. The minimum atomic E-state index is 0.147. The summed E-state index contributed by atoms with van der Waals surface area (Å²) in [5.41, 5.74) is 3.73. The number of aromatic amines is 1. The normalized spacial score (nSPS) is 21.8. The highest BCUT2D eigenvalue weighted by Gasteiger charge is 2.31. The second kappa shape index (κ2) is 5.06. The number of amides is 1. The van der Waals surface area contributed by atoms with Crippen molar-refractivity contribution in [1.29, 1.82) is 0 Å². The lowest BCUT2D eigenvalue weighted by atomic mass is 9.85. The topological polar surface area (TPSA) is 36.1 Å². The van der Waals surface area contributed by atoms with Gasteiger partial charge >= 0.3 is 0 Å². The lowest BCUT2D eigenvalue weighted by molar-refractivity contribution is -0.134. The fourth-order valence-corrected chi connectivity index (χ4v) is 3.97. The molecule has 0 saturated carbocycles. The molecule has 0 bridgehead atoms. The molecule has 4 rings (SSSR count). The third-order valence-electron chi connectivity index (χ3n) is 4.92. The van der Waals surface area contributed by atoms with E-state index in [1.807, 2.05) is 18.2 Å². The van der Waals surface area contributed by atoms with Crippen molar-refractivity contribution in [2.45, 2.75) is 32.1 Å². The van der Waals surface area contributed by atoms with E-state index < -0.39 is 0 Å². The smallest absolute Gasteiger partial charge is 0.226 e. The number of carbonyl (C=O) groups is 1. The summed E-state index contributed by atoms with van der Waals surface area (Å²) in [6, 6.07) is 5.97. The molecule has 0 radical (unpaired) electrons. The Labute approximate surface area is 129 Å². The zero-order valence-electron chi connectivity index (χ0n) is 12.0. The number of hydrogen-bond acceptors (Lipinski definition) is 1. The van der Waals surface area contributed by atoms with Crippen molar-refractivity contribution < 1.29 is 4.79 Å². The highest BCUT2D eigenvalue weighted by molar-refractivity contribution is 6.31. The first-order valence-electron chi connectivity index (χ1n) is 7.80. The molecule has 2 aromatic rings. The lowest BCUT2D eigenvalue weighted by Crippen LogP contribution is -2.36. The molecular weight excluding hydrogens is 284 g/mol. The Morgan fingerprint density at radius 3 is 2.90 bits per heavy atom. The fraction of sp³-hybridized carbons (Fsp3) is 0.471. The zero-order chi connectivity index (χ0) is 14.4. The predicted molar refractivity (Wildman–Crippen MR) is 84.6 cm³/mol. The average Bonchev–Trinajstić information content (AvgIpc) is 3.13. The van der Waals surface area contributed by atoms with Crippen LogP contribution in [0, 0.1) is 5.92 Å². The molecule has 110 valence electrons. The molecule has 1 aromatic carbocycles. The summed E-state index contributed by atoms with van der Waals surface area (Å²) in [7, 11) is 0. The number of nitrogens with zero attached hydrogens (tertiary/aromatic N) is 1. The van der Waals surface area contributed by atoms with E-state index in [1.165, 1.54) is 16.6 Å². The summed E-state index contributed by atoms with van der Waals surface area (Å²) in [6.07, 6.45) is 5.10. The summed E-state index contributed by atoms with van der Waals surface area (Å²) in [4.78, 5) is 18.2. The van der Waals surface area contributed by atoms with Crippen molar-refractivity contribution in [3.63, 3.8) is 0 Å². The Morgan fingerprint density at radius 2 is 2.10 bits per heavy atom. The van der Waals surface area contributed by atoms with Crippen LogP contribution in [-0.4, -0.2) is 28.9 Å². The molecule has 1 amide bonds. The second-order valence-corrected chi connectivity index (χ2v) is 6.68. The first-order chi connectivity index (χ1) is 10.2. The third kappa shape index (κ3) is 2.24. The molecule has 1 fully saturated rings. The number of carbonyl (C=O) groups excluding carboxylic acids is 1. The third-order valence-corrected chi connectivity index (χ3v) is 5.15. The van der Waals surface area contributed by atoms with E-state index in [-0.39, 0.29) is 5.92 Å². The number of fused-ring (bicyclic) bond motifs is 3. The summed E-state index contributed by atoms with van der Waals surface area (Å²) < 4.78 is 0. The van der Waals surface area contributed by atoms with Crippen molar-refractivity contribution in [2.24, 2.45) is 5.92 Å². The van der Waals surface area contributed by atoms with Crippen LogP contribution < -0.4 is 0 Å². The number of rotatable bonds is 1. The lowest BCUT2D eigenvalue weighted by Gasteiger charge is -2.26. The number of aromatic nitrogens is 1. The SMILES string of the molecule is O=C(C1CCc2[nH]c3ccc(Cl)cc3c2C1)N1CCCC1. The van der Waals surface area contributed by atoms with Gasteiger partial charge in [0.15, 0.2) is 0 Å². The predicted octanol–water partition coefficient (Wildman–Crippen LogP) is 3.55. The van der Waals surface area contributed by atoms with Gasteiger partial charge in [-0.05, 0) is 55.9 Å². The minimum absolute atomic E-state index is 0.147. The number of hydrogen-bond donors (Lipinski definition) is 1. The molecule has 1 saturated heterocycles. The van der Waals surface area contributed by atoms with E-state index >= 15 is 0 Å². The van der Waals surface area contributed by atoms with Crippen LogP contribution in [0.4, 0.5) is 0 Å². The first-order valence-corrected chi connectivity index (χ1v) is 8.18. The molecule has 1 aromatic heterocycles. The van der Waals surface area contributed by atoms with Gasteiger partial charge < -0.3 is 9.88 Å². The van der Waals surface area contributed by atoms with E-state index in [1.54, 1.807) is 0 Å². The minimum Gasteiger partial charge on any atom is -0.358 e. The maximum Gasteiger partial charge on any atom is 0.226 e. The molecule has 21 heavy (non-hydrogen) atoms. The second-order valence-electron chi connectivity index (χ2n) is 6.24. The molecular formula is C17H19ClN2O. The van der Waals surface area contributed by atoms with Crippen LogP contribution in [0.1, 0.15) is 30.5 Å². The van der Waals surface area contributed by atoms with Crippen LogP contribution in [0.2, 0.25) is 5.02 Å². The fourth-order valence-electron chi connectivity index (χ4n) is 3.80. The van der Waals surface area contributed by atoms with Gasteiger partial charge in [-0.1, -0.05) is 11.6 Å². The van der Waals surface area contributed by atoms with Crippen LogP contribution in [0.25, 0.3) is 10.9 Å². The van der Waals surface area contributed by atoms with Gasteiger partial charge in [0.25, 0.3) is 0 Å². The van der Waals surface area contributed by atoms with E-state index in [2.05, 4.69) is 9.88 Å². The average molecular weight is 303 g/mol. The Morgan fingerprint density at radius 1 is 1.29 bits per heavy atom. The van der Waals surface area contributed by atoms with Crippen LogP contribution in [0.15, 0.2) is 18.2 Å². The van der Waals surface area contributed by atoms with Gasteiger partial charge in [-0.15, -0.1) is 0 Å². The molecule has 1 N–H and O–H groups in total.